The van der Waals surface area contributed by atoms with Crippen molar-refractivity contribution in [2.24, 2.45) is 0 Å². The molecule has 1 aliphatic heterocycles. The van der Waals surface area contributed by atoms with E-state index in [1.165, 1.54) is 4.90 Å². The first kappa shape index (κ1) is 12.7. The minimum atomic E-state index is 0.826. The fraction of sp³-hybridized carbons (Fsp3) is 0.400. The molecular formula is C15H18N5O+. The molecule has 0 spiro atoms. The molecular weight excluding hydrogens is 266 g/mol. The summed E-state index contributed by atoms with van der Waals surface area (Å²) in [6, 6.07) is 8.09. The Morgan fingerprint density at radius 3 is 2.86 bits per heavy atom. The van der Waals surface area contributed by atoms with Crippen molar-refractivity contribution in [2.45, 2.75) is 13.5 Å². The number of aromatic nitrogens is 4. The van der Waals surface area contributed by atoms with Crippen molar-refractivity contribution in [3.63, 3.8) is 0 Å². The summed E-state index contributed by atoms with van der Waals surface area (Å²) in [5.41, 5.74) is 1.88. The maximum absolute atomic E-state index is 5.41. The molecule has 1 fully saturated rings. The van der Waals surface area contributed by atoms with E-state index in [0.717, 1.165) is 61.0 Å². The molecule has 0 unspecified atom stereocenters. The monoisotopic (exact) mass is 284 g/mol. The average molecular weight is 284 g/mol. The summed E-state index contributed by atoms with van der Waals surface area (Å²) in [7, 11) is 0. The SMILES string of the molecule is Cc1nc2ccccc2c2nnc(C[NH+]3CCOCC3)n12. The summed E-state index contributed by atoms with van der Waals surface area (Å²) in [5, 5.41) is 9.87. The number of rotatable bonds is 2. The van der Waals surface area contributed by atoms with Crippen LogP contribution >= 0.6 is 0 Å². The van der Waals surface area contributed by atoms with Gasteiger partial charge in [-0.1, -0.05) is 12.1 Å². The number of nitrogens with one attached hydrogen (secondary N) is 1. The average Bonchev–Trinajstić information content (AvgIpc) is 2.93. The van der Waals surface area contributed by atoms with Gasteiger partial charge in [0.1, 0.15) is 25.5 Å². The van der Waals surface area contributed by atoms with Crippen LogP contribution < -0.4 is 4.90 Å². The second-order valence-corrected chi connectivity index (χ2v) is 5.49. The Bertz CT molecular complexity index is 791. The lowest BCUT2D eigenvalue weighted by Crippen LogP contribution is -3.12. The Hall–Kier alpha value is -2.05. The Morgan fingerprint density at radius 1 is 1.19 bits per heavy atom. The van der Waals surface area contributed by atoms with E-state index < -0.39 is 0 Å². The third kappa shape index (κ3) is 2.16. The molecule has 0 saturated carbocycles. The van der Waals surface area contributed by atoms with Crippen LogP contribution in [0.25, 0.3) is 16.6 Å². The van der Waals surface area contributed by atoms with E-state index in [1.807, 2.05) is 25.1 Å². The standard InChI is InChI=1S/C15H17N5O/c1-11-16-13-5-3-2-4-12(13)15-18-17-14(20(11)15)10-19-6-8-21-9-7-19/h2-5H,6-10H2,1H3/p+1. The number of ether oxygens (including phenoxy) is 1. The van der Waals surface area contributed by atoms with Gasteiger partial charge in [0.15, 0.2) is 11.5 Å². The van der Waals surface area contributed by atoms with Gasteiger partial charge in [-0.25, -0.2) is 4.98 Å². The molecule has 0 amide bonds. The van der Waals surface area contributed by atoms with Crippen molar-refractivity contribution in [1.82, 2.24) is 19.6 Å². The topological polar surface area (TPSA) is 56.8 Å². The maximum Gasteiger partial charge on any atom is 0.194 e. The summed E-state index contributed by atoms with van der Waals surface area (Å²) in [6.07, 6.45) is 0. The highest BCUT2D eigenvalue weighted by Gasteiger charge is 2.19. The number of nitrogens with zero attached hydrogens (tertiary/aromatic N) is 4. The number of para-hydroxylation sites is 1. The van der Waals surface area contributed by atoms with Gasteiger partial charge in [-0.2, -0.15) is 0 Å². The summed E-state index contributed by atoms with van der Waals surface area (Å²) in [4.78, 5) is 6.17. The van der Waals surface area contributed by atoms with Crippen molar-refractivity contribution >= 4 is 16.6 Å². The van der Waals surface area contributed by atoms with E-state index in [-0.39, 0.29) is 0 Å². The largest absolute Gasteiger partial charge is 0.370 e. The van der Waals surface area contributed by atoms with Gasteiger partial charge in [-0.3, -0.25) is 4.40 Å². The quantitative estimate of drug-likeness (QED) is 0.720. The van der Waals surface area contributed by atoms with E-state index in [2.05, 4.69) is 25.6 Å². The molecule has 1 N–H and O–H groups in total. The van der Waals surface area contributed by atoms with Crippen LogP contribution in [-0.2, 0) is 11.3 Å². The Morgan fingerprint density at radius 2 is 2.00 bits per heavy atom. The molecule has 0 radical (unpaired) electrons. The normalized spacial score (nSPS) is 16.8. The zero-order valence-electron chi connectivity index (χ0n) is 12.0. The fourth-order valence-corrected chi connectivity index (χ4v) is 2.99. The molecule has 3 heterocycles. The third-order valence-corrected chi connectivity index (χ3v) is 4.09. The molecule has 0 atom stereocenters. The van der Waals surface area contributed by atoms with Crippen LogP contribution in [0, 0.1) is 6.92 Å². The molecule has 1 saturated heterocycles. The molecule has 108 valence electrons. The molecule has 4 rings (SSSR count). The Kier molecular flexibility index (Phi) is 3.05. The molecule has 0 aliphatic carbocycles. The van der Waals surface area contributed by atoms with Gasteiger partial charge < -0.3 is 9.64 Å². The van der Waals surface area contributed by atoms with Crippen molar-refractivity contribution < 1.29 is 9.64 Å². The van der Waals surface area contributed by atoms with Gasteiger partial charge in [-0.05, 0) is 19.1 Å². The molecule has 6 nitrogen and oxygen atoms in total. The van der Waals surface area contributed by atoms with Gasteiger partial charge >= 0.3 is 0 Å². The first-order chi connectivity index (χ1) is 10.3. The molecule has 21 heavy (non-hydrogen) atoms. The maximum atomic E-state index is 5.41. The van der Waals surface area contributed by atoms with E-state index in [9.17, 15) is 0 Å². The summed E-state index contributed by atoms with van der Waals surface area (Å²) >= 11 is 0. The van der Waals surface area contributed by atoms with Crippen molar-refractivity contribution in [3.05, 3.63) is 35.9 Å². The Balaban J connectivity index is 1.81. The van der Waals surface area contributed by atoms with Crippen LogP contribution in [0.4, 0.5) is 0 Å². The van der Waals surface area contributed by atoms with E-state index in [4.69, 9.17) is 4.74 Å². The van der Waals surface area contributed by atoms with Crippen LogP contribution in [0.2, 0.25) is 0 Å². The highest BCUT2D eigenvalue weighted by atomic mass is 16.5. The Labute approximate surface area is 122 Å². The lowest BCUT2D eigenvalue weighted by atomic mass is 10.2. The van der Waals surface area contributed by atoms with E-state index in [0.29, 0.717) is 0 Å². The fourth-order valence-electron chi connectivity index (χ4n) is 2.99. The lowest BCUT2D eigenvalue weighted by Gasteiger charge is -2.22. The van der Waals surface area contributed by atoms with Crippen molar-refractivity contribution in [1.29, 1.82) is 0 Å². The third-order valence-electron chi connectivity index (χ3n) is 4.09. The first-order valence-corrected chi connectivity index (χ1v) is 7.33. The number of hydrogen-bond acceptors (Lipinski definition) is 4. The van der Waals surface area contributed by atoms with Crippen LogP contribution in [0.15, 0.2) is 24.3 Å². The number of aryl methyl sites for hydroxylation is 1. The minimum Gasteiger partial charge on any atom is -0.370 e. The van der Waals surface area contributed by atoms with Crippen LogP contribution in [0.1, 0.15) is 11.6 Å². The van der Waals surface area contributed by atoms with E-state index in [1.54, 1.807) is 0 Å². The van der Waals surface area contributed by atoms with Gasteiger partial charge in [0.25, 0.3) is 0 Å². The minimum absolute atomic E-state index is 0.826. The molecule has 1 aromatic carbocycles. The molecule has 0 bridgehead atoms. The first-order valence-electron chi connectivity index (χ1n) is 7.33. The number of quaternary nitrogens is 1. The second kappa shape index (κ2) is 5.05. The molecule has 2 aromatic heterocycles. The molecule has 6 heteroatoms. The van der Waals surface area contributed by atoms with Gasteiger partial charge in [0.05, 0.1) is 18.7 Å². The number of fused-ring (bicyclic) bond motifs is 3. The molecule has 1 aliphatic rings. The van der Waals surface area contributed by atoms with Crippen LogP contribution in [0.5, 0.6) is 0 Å². The smallest absolute Gasteiger partial charge is 0.194 e. The van der Waals surface area contributed by atoms with Gasteiger partial charge in [0, 0.05) is 5.39 Å². The number of benzene rings is 1. The van der Waals surface area contributed by atoms with Crippen LogP contribution in [-0.4, -0.2) is 45.9 Å². The predicted molar refractivity (Wildman–Crippen MR) is 78.2 cm³/mol. The van der Waals surface area contributed by atoms with Crippen LogP contribution in [0.3, 0.4) is 0 Å². The second-order valence-electron chi connectivity index (χ2n) is 5.49. The van der Waals surface area contributed by atoms with E-state index >= 15 is 0 Å². The number of morpholine rings is 1. The highest BCUT2D eigenvalue weighted by molar-refractivity contribution is 5.91. The summed E-state index contributed by atoms with van der Waals surface area (Å²) < 4.78 is 7.50. The highest BCUT2D eigenvalue weighted by Crippen LogP contribution is 2.18. The van der Waals surface area contributed by atoms with Gasteiger partial charge in [-0.15, -0.1) is 10.2 Å². The lowest BCUT2D eigenvalue weighted by molar-refractivity contribution is -0.922. The predicted octanol–water partition coefficient (Wildman–Crippen LogP) is 0.00102. The molecule has 3 aromatic rings. The van der Waals surface area contributed by atoms with Crippen molar-refractivity contribution in [2.75, 3.05) is 26.3 Å². The zero-order chi connectivity index (χ0) is 14.2. The van der Waals surface area contributed by atoms with Gasteiger partial charge in [0.2, 0.25) is 0 Å². The zero-order valence-corrected chi connectivity index (χ0v) is 12.0. The summed E-state index contributed by atoms with van der Waals surface area (Å²) in [5.74, 6) is 1.93. The number of hydrogen-bond donors (Lipinski definition) is 1. The summed E-state index contributed by atoms with van der Waals surface area (Å²) in [6.45, 7) is 6.58. The van der Waals surface area contributed by atoms with Crippen molar-refractivity contribution in [3.8, 4) is 0 Å².